The molecule has 0 bridgehead atoms. The molecule has 18 nitrogen and oxygen atoms in total. The summed E-state index contributed by atoms with van der Waals surface area (Å²) in [4.78, 5) is 67.6. The number of likely N-dealkylation sites (tertiary alicyclic amines) is 4. The first-order valence-electron chi connectivity index (χ1n) is 22.1. The van der Waals surface area contributed by atoms with Gasteiger partial charge in [0.05, 0.1) is 25.2 Å². The fraction of sp³-hybridized carbons (Fsp3) is 0.521. The van der Waals surface area contributed by atoms with Crippen molar-refractivity contribution in [2.75, 3.05) is 60.9 Å². The number of aromatic nitrogens is 6. The van der Waals surface area contributed by atoms with Crippen LogP contribution in [0.15, 0.2) is 92.1 Å². The first kappa shape index (κ1) is 57.4. The first-order chi connectivity index (χ1) is 31.3. The second-order valence-electron chi connectivity index (χ2n) is 15.8. The lowest BCUT2D eigenvalue weighted by atomic mass is 10.1. The smallest absolute Gasteiger partial charge is 0.225 e. The summed E-state index contributed by atoms with van der Waals surface area (Å²) in [7, 11) is 9.24. The molecule has 0 radical (unpaired) electrons. The summed E-state index contributed by atoms with van der Waals surface area (Å²) in [5.41, 5.74) is 2.27. The number of oxazole rings is 2. The summed E-state index contributed by atoms with van der Waals surface area (Å²) in [5, 5.41) is 3.83. The molecule has 0 spiro atoms. The van der Waals surface area contributed by atoms with Crippen LogP contribution in [-0.2, 0) is 26.2 Å². The van der Waals surface area contributed by atoms with E-state index in [0.29, 0.717) is 17.7 Å². The maximum absolute atomic E-state index is 10.8. The molecule has 10 heterocycles. The predicted molar refractivity (Wildman–Crippen MR) is 256 cm³/mol. The molecule has 5 aromatic heterocycles. The third-order valence-corrected chi connectivity index (χ3v) is 9.63. The minimum atomic E-state index is 0.273. The van der Waals surface area contributed by atoms with E-state index in [4.69, 9.17) is 13.3 Å². The van der Waals surface area contributed by atoms with Crippen molar-refractivity contribution >= 4 is 29.3 Å². The van der Waals surface area contributed by atoms with Crippen molar-refractivity contribution in [1.82, 2.24) is 49.3 Å². The number of H-pyrrole nitrogens is 1. The highest BCUT2D eigenvalue weighted by Gasteiger charge is 2.24. The molecule has 5 aliphatic heterocycles. The van der Waals surface area contributed by atoms with Crippen molar-refractivity contribution < 1.29 is 32.4 Å². The number of nitrogens with zero attached hydrogens (tertiary/aromatic N) is 10. The zero-order chi connectivity index (χ0) is 49.4. The molecule has 0 saturated carbocycles. The van der Waals surface area contributed by atoms with Gasteiger partial charge in [0.2, 0.25) is 23.6 Å². The highest BCUT2D eigenvalue weighted by molar-refractivity contribution is 5.94. The van der Waals surface area contributed by atoms with E-state index in [-0.39, 0.29) is 11.8 Å². The minimum absolute atomic E-state index is 0.273. The number of rotatable bonds is 0. The maximum Gasteiger partial charge on any atom is 0.225 e. The van der Waals surface area contributed by atoms with Gasteiger partial charge in [0.1, 0.15) is 23.6 Å². The van der Waals surface area contributed by atoms with Gasteiger partial charge in [-0.3, -0.25) is 28.9 Å². The first-order valence-corrected chi connectivity index (χ1v) is 22.1. The van der Waals surface area contributed by atoms with Gasteiger partial charge in [-0.25, -0.2) is 15.0 Å². The van der Waals surface area contributed by atoms with Crippen LogP contribution in [0.4, 0.5) is 0 Å². The number of nitrogens with one attached hydrogen (secondary N) is 1. The Kier molecular flexibility index (Phi) is 28.7. The molecule has 1 atom stereocenters. The van der Waals surface area contributed by atoms with Crippen molar-refractivity contribution in [3.8, 4) is 0 Å². The highest BCUT2D eigenvalue weighted by Crippen LogP contribution is 2.14. The number of aromatic amines is 1. The van der Waals surface area contributed by atoms with E-state index in [1.165, 1.54) is 0 Å². The van der Waals surface area contributed by atoms with Gasteiger partial charge < -0.3 is 37.8 Å². The van der Waals surface area contributed by atoms with Crippen molar-refractivity contribution in [1.29, 1.82) is 0 Å². The predicted octanol–water partition coefficient (Wildman–Crippen LogP) is 7.14. The van der Waals surface area contributed by atoms with Crippen LogP contribution in [0.3, 0.4) is 0 Å². The Balaban J connectivity index is 0.000000367. The number of aryl methyl sites for hydroxylation is 7. The van der Waals surface area contributed by atoms with Crippen LogP contribution in [0.5, 0.6) is 0 Å². The Bertz CT molecular complexity index is 1920. The fourth-order valence-electron chi connectivity index (χ4n) is 5.47. The van der Waals surface area contributed by atoms with Crippen LogP contribution in [-0.4, -0.2) is 140 Å². The molecular weight excluding hydrogens is 843 g/mol. The molecule has 18 heteroatoms. The van der Waals surface area contributed by atoms with Crippen LogP contribution in [0.1, 0.15) is 87.2 Å². The maximum atomic E-state index is 10.8. The van der Waals surface area contributed by atoms with E-state index in [9.17, 15) is 19.2 Å². The van der Waals surface area contributed by atoms with E-state index in [1.807, 2.05) is 120 Å². The van der Waals surface area contributed by atoms with E-state index in [2.05, 4.69) is 36.1 Å². The number of carbonyl (C=O) groups excluding carboxylic acids is 4. The standard InChI is InChI=1S/C6H11NO.C5H8N2.C5H7NO.2C5H9NO.C5H7N.C5H6O.C4H6N2.C4H7NO.C4H5NO/c1-5-3-4-7(2)6(5)8;2*1-4-3-6-5(2)7-4;2*1-6-4-2-3-5(6)7;2*1-5-3-2-4-6-5;1-6-4-2-3-5-6;1-5-3-2-4(5)6;1-4-5-2-3-6-4/h5H,3-4H2,1-2H3;3H,1-2H3,(H,6,7);3H,1-2H3;2*2-4H2,1H3;2-3H,4H2,1H3;2*2-4H,1H3;2-3H2,1H3;2-3H,1H3/t5-;;;;;;;;;/m0........./s1. The van der Waals surface area contributed by atoms with Gasteiger partial charge in [0, 0.05) is 130 Å². The van der Waals surface area contributed by atoms with Crippen molar-refractivity contribution in [3.63, 3.8) is 0 Å². The molecule has 5 aromatic rings. The Morgan fingerprint density at radius 1 is 0.652 bits per heavy atom. The van der Waals surface area contributed by atoms with E-state index >= 15 is 0 Å². The number of hydrogen-bond acceptors (Lipinski definition) is 12. The second kappa shape index (κ2) is 33.0. The molecule has 0 aliphatic carbocycles. The molecule has 1 N–H and O–H groups in total. The SMILES string of the molecule is CC1=NCC=C1.CN1CCC1=O.CN1CCCC1=O.CN1CCCC1=O.C[C@H]1CCN(C)C1=O.Cc1ccco1.Cc1cnc(C)[nH]1.Cc1cnc(C)o1.Cc1ncco1.Cn1cccn1. The van der Waals surface area contributed by atoms with Gasteiger partial charge in [0.25, 0.3) is 0 Å². The van der Waals surface area contributed by atoms with Crippen LogP contribution in [0.2, 0.25) is 0 Å². The van der Waals surface area contributed by atoms with Gasteiger partial charge in [-0.15, -0.1) is 0 Å². The molecule has 10 rings (SSSR count). The number of carbonyl (C=O) groups is 4. The molecule has 0 unspecified atom stereocenters. The van der Waals surface area contributed by atoms with Crippen molar-refractivity contribution in [2.45, 2.75) is 93.9 Å². The third kappa shape index (κ3) is 27.6. The average Bonchev–Trinajstić information content (AvgIpc) is 4.14. The quantitative estimate of drug-likeness (QED) is 0.155. The molecule has 4 fully saturated rings. The summed E-state index contributed by atoms with van der Waals surface area (Å²) < 4.78 is 16.3. The van der Waals surface area contributed by atoms with Gasteiger partial charge in [-0.05, 0) is 78.2 Å². The molecule has 364 valence electrons. The topological polar surface area (TPSA) is 205 Å². The zero-order valence-electron chi connectivity index (χ0n) is 41.6. The van der Waals surface area contributed by atoms with E-state index in [1.54, 1.807) is 62.3 Å². The third-order valence-electron chi connectivity index (χ3n) is 9.63. The van der Waals surface area contributed by atoms with Crippen molar-refractivity contribution in [3.05, 3.63) is 109 Å². The normalized spacial score (nSPS) is 16.1. The molecule has 4 saturated heterocycles. The lowest BCUT2D eigenvalue weighted by molar-refractivity contribution is -0.137. The number of aliphatic imine (C=N–C) groups is 1. The number of hydrogen-bond donors (Lipinski definition) is 1. The largest absolute Gasteiger partial charge is 0.470 e. The Morgan fingerprint density at radius 2 is 1.29 bits per heavy atom. The lowest BCUT2D eigenvalue weighted by Crippen LogP contribution is -2.39. The van der Waals surface area contributed by atoms with E-state index < -0.39 is 0 Å². The summed E-state index contributed by atoms with van der Waals surface area (Å²) in [6, 6.07) is 5.68. The lowest BCUT2D eigenvalue weighted by Gasteiger charge is -2.24. The van der Waals surface area contributed by atoms with Gasteiger partial charge in [-0.1, -0.05) is 13.0 Å². The van der Waals surface area contributed by atoms with Gasteiger partial charge >= 0.3 is 0 Å². The zero-order valence-corrected chi connectivity index (χ0v) is 41.6. The minimum Gasteiger partial charge on any atom is -0.470 e. The number of furan rings is 1. The number of imidazole rings is 1. The summed E-state index contributed by atoms with van der Waals surface area (Å²) in [5.74, 6) is 5.71. The fourth-order valence-corrected chi connectivity index (χ4v) is 5.47. The molecule has 5 aliphatic rings. The summed E-state index contributed by atoms with van der Waals surface area (Å²) in [6.45, 7) is 20.0. The average molecular weight is 918 g/mol. The van der Waals surface area contributed by atoms with Crippen LogP contribution >= 0.6 is 0 Å². The monoisotopic (exact) mass is 918 g/mol. The molecular formula is C48H75N11O7. The van der Waals surface area contributed by atoms with Crippen LogP contribution < -0.4 is 0 Å². The van der Waals surface area contributed by atoms with Gasteiger partial charge in [0.15, 0.2) is 11.8 Å². The Hall–Kier alpha value is -6.59. The number of amides is 4. The number of allylic oxidation sites excluding steroid dienone is 1. The molecule has 0 aromatic carbocycles. The van der Waals surface area contributed by atoms with Crippen LogP contribution in [0, 0.1) is 47.5 Å². The molecule has 66 heavy (non-hydrogen) atoms. The number of β-lactam (4-membered cyclic amide) rings is 1. The Labute approximate surface area is 391 Å². The van der Waals surface area contributed by atoms with Crippen molar-refractivity contribution in [2.24, 2.45) is 18.0 Å². The second-order valence-corrected chi connectivity index (χ2v) is 15.8. The van der Waals surface area contributed by atoms with Gasteiger partial charge in [-0.2, -0.15) is 5.10 Å². The Morgan fingerprint density at radius 3 is 1.41 bits per heavy atom. The van der Waals surface area contributed by atoms with E-state index in [0.717, 1.165) is 112 Å². The molecule has 4 amide bonds. The summed E-state index contributed by atoms with van der Waals surface area (Å²) >= 11 is 0. The summed E-state index contributed by atoms with van der Waals surface area (Å²) in [6.07, 6.45) is 21.5. The highest BCUT2D eigenvalue weighted by atomic mass is 16.4. The van der Waals surface area contributed by atoms with Crippen LogP contribution in [0.25, 0.3) is 0 Å².